The van der Waals surface area contributed by atoms with Crippen molar-refractivity contribution in [1.82, 2.24) is 0 Å². The van der Waals surface area contributed by atoms with Crippen LogP contribution in [0.5, 0.6) is 5.75 Å². The van der Waals surface area contributed by atoms with Gasteiger partial charge >= 0.3 is 0 Å². The Kier molecular flexibility index (Phi) is 3.73. The number of anilines is 1. The van der Waals surface area contributed by atoms with E-state index >= 15 is 0 Å². The number of benzene rings is 2. The lowest BCUT2D eigenvalue weighted by Gasteiger charge is -2.29. The maximum absolute atomic E-state index is 12.4. The fourth-order valence-electron chi connectivity index (χ4n) is 2.38. The van der Waals surface area contributed by atoms with Crippen molar-refractivity contribution in [3.05, 3.63) is 65.7 Å². The highest BCUT2D eigenvalue weighted by Crippen LogP contribution is 2.32. The Balaban J connectivity index is 1.83. The summed E-state index contributed by atoms with van der Waals surface area (Å²) in [5.74, 6) is 0.752. The third-order valence-corrected chi connectivity index (χ3v) is 3.46. The first kappa shape index (κ1) is 13.4. The second kappa shape index (κ2) is 5.83. The zero-order valence-electron chi connectivity index (χ0n) is 12.0. The van der Waals surface area contributed by atoms with Crippen molar-refractivity contribution < 1.29 is 9.53 Å². The molecule has 1 amide bonds. The van der Waals surface area contributed by atoms with Gasteiger partial charge in [0.25, 0.3) is 5.91 Å². The fourth-order valence-corrected chi connectivity index (χ4v) is 2.38. The van der Waals surface area contributed by atoms with Gasteiger partial charge in [0.05, 0.1) is 12.2 Å². The van der Waals surface area contributed by atoms with Gasteiger partial charge < -0.3 is 9.64 Å². The van der Waals surface area contributed by atoms with Gasteiger partial charge in [-0.05, 0) is 36.3 Å². The first-order chi connectivity index (χ1) is 10.2. The van der Waals surface area contributed by atoms with Gasteiger partial charge in [-0.15, -0.1) is 0 Å². The topological polar surface area (TPSA) is 29.5 Å². The summed E-state index contributed by atoms with van der Waals surface area (Å²) in [5.41, 5.74) is 2.98. The summed E-state index contributed by atoms with van der Waals surface area (Å²) >= 11 is 0. The van der Waals surface area contributed by atoms with Crippen LogP contribution >= 0.6 is 0 Å². The summed E-state index contributed by atoms with van der Waals surface area (Å²) in [6.45, 7) is 3.12. The van der Waals surface area contributed by atoms with Crippen molar-refractivity contribution in [1.29, 1.82) is 0 Å². The van der Waals surface area contributed by atoms with E-state index < -0.39 is 0 Å². The summed E-state index contributed by atoms with van der Waals surface area (Å²) in [4.78, 5) is 14.2. The van der Waals surface area contributed by atoms with Gasteiger partial charge in [0, 0.05) is 6.08 Å². The van der Waals surface area contributed by atoms with Gasteiger partial charge in [-0.2, -0.15) is 0 Å². The molecule has 1 aliphatic rings. The maximum atomic E-state index is 12.4. The molecule has 0 fully saturated rings. The highest BCUT2D eigenvalue weighted by molar-refractivity contribution is 6.05. The molecular formula is C18H17NO2. The predicted octanol–water partition coefficient (Wildman–Crippen LogP) is 3.43. The largest absolute Gasteiger partial charge is 0.490 e. The van der Waals surface area contributed by atoms with Crippen LogP contribution in [0.1, 0.15) is 11.1 Å². The number of nitrogens with zero attached hydrogens (tertiary/aromatic N) is 1. The van der Waals surface area contributed by atoms with Gasteiger partial charge in [-0.25, -0.2) is 0 Å². The lowest BCUT2D eigenvalue weighted by atomic mass is 10.1. The minimum atomic E-state index is -0.0194. The molecule has 3 rings (SSSR count). The van der Waals surface area contributed by atoms with Crippen LogP contribution in [0.2, 0.25) is 0 Å². The van der Waals surface area contributed by atoms with Crippen LogP contribution in [0.3, 0.4) is 0 Å². The Hall–Kier alpha value is -2.55. The van der Waals surface area contributed by atoms with E-state index in [-0.39, 0.29) is 5.91 Å². The Bertz CT molecular complexity index is 677. The molecule has 1 heterocycles. The summed E-state index contributed by atoms with van der Waals surface area (Å²) in [6.07, 6.45) is 3.46. The molecule has 0 unspecified atom stereocenters. The van der Waals surface area contributed by atoms with E-state index in [1.165, 1.54) is 0 Å². The molecule has 1 aliphatic heterocycles. The molecule has 0 saturated heterocycles. The van der Waals surface area contributed by atoms with Crippen LogP contribution < -0.4 is 9.64 Å². The fraction of sp³-hybridized carbons (Fsp3) is 0.167. The molecule has 0 N–H and O–H groups in total. The number of fused-ring (bicyclic) bond motifs is 1. The highest BCUT2D eigenvalue weighted by Gasteiger charge is 2.22. The van der Waals surface area contributed by atoms with E-state index in [4.69, 9.17) is 4.74 Å². The van der Waals surface area contributed by atoms with E-state index in [1.807, 2.05) is 61.5 Å². The quantitative estimate of drug-likeness (QED) is 0.788. The summed E-state index contributed by atoms with van der Waals surface area (Å²) in [5, 5.41) is 0. The maximum Gasteiger partial charge on any atom is 0.251 e. The van der Waals surface area contributed by atoms with Gasteiger partial charge in [-0.3, -0.25) is 4.79 Å². The summed E-state index contributed by atoms with van der Waals surface area (Å²) in [7, 11) is 0. The minimum Gasteiger partial charge on any atom is -0.490 e. The Morgan fingerprint density at radius 2 is 2.00 bits per heavy atom. The van der Waals surface area contributed by atoms with Gasteiger partial charge in [-0.1, -0.05) is 36.4 Å². The molecule has 3 nitrogen and oxygen atoms in total. The van der Waals surface area contributed by atoms with E-state index in [9.17, 15) is 4.79 Å². The van der Waals surface area contributed by atoms with Crippen molar-refractivity contribution in [2.75, 3.05) is 18.1 Å². The molecule has 0 radical (unpaired) electrons. The third kappa shape index (κ3) is 2.97. The molecule has 0 saturated carbocycles. The zero-order chi connectivity index (χ0) is 14.7. The number of carbonyl (C=O) groups excluding carboxylic acids is 1. The minimum absolute atomic E-state index is 0.0194. The second-order valence-corrected chi connectivity index (χ2v) is 5.05. The van der Waals surface area contributed by atoms with Gasteiger partial charge in [0.2, 0.25) is 0 Å². The molecule has 0 aromatic heterocycles. The number of aryl methyl sites for hydroxylation is 1. The lowest BCUT2D eigenvalue weighted by molar-refractivity contribution is -0.114. The molecule has 0 spiro atoms. The molecule has 106 valence electrons. The second-order valence-electron chi connectivity index (χ2n) is 5.05. The van der Waals surface area contributed by atoms with Crippen molar-refractivity contribution in [2.24, 2.45) is 0 Å². The molecule has 2 aromatic carbocycles. The number of ether oxygens (including phenoxy) is 1. The van der Waals surface area contributed by atoms with Crippen LogP contribution in [-0.2, 0) is 4.79 Å². The van der Waals surface area contributed by atoms with Crippen molar-refractivity contribution in [3.8, 4) is 5.75 Å². The Morgan fingerprint density at radius 1 is 1.19 bits per heavy atom. The summed E-state index contributed by atoms with van der Waals surface area (Å²) in [6, 6.07) is 15.7. The number of hydrogen-bond donors (Lipinski definition) is 0. The molecule has 0 aliphatic carbocycles. The molecule has 3 heteroatoms. The van der Waals surface area contributed by atoms with Crippen LogP contribution in [0, 0.1) is 6.92 Å². The van der Waals surface area contributed by atoms with Crippen LogP contribution in [0.4, 0.5) is 5.69 Å². The van der Waals surface area contributed by atoms with Gasteiger partial charge in [0.1, 0.15) is 12.4 Å². The SMILES string of the molecule is Cc1ccc2c(c1)N(C(=O)/C=C/c1ccccc1)CCO2. The van der Waals surface area contributed by atoms with E-state index in [0.29, 0.717) is 13.2 Å². The average molecular weight is 279 g/mol. The number of amides is 1. The predicted molar refractivity (Wildman–Crippen MR) is 84.5 cm³/mol. The highest BCUT2D eigenvalue weighted by atomic mass is 16.5. The smallest absolute Gasteiger partial charge is 0.251 e. The number of hydrogen-bond acceptors (Lipinski definition) is 2. The molecule has 21 heavy (non-hydrogen) atoms. The van der Waals surface area contributed by atoms with Crippen LogP contribution in [0.25, 0.3) is 6.08 Å². The molecule has 2 aromatic rings. The molecule has 0 bridgehead atoms. The van der Waals surface area contributed by atoms with Crippen molar-refractivity contribution in [3.63, 3.8) is 0 Å². The van der Waals surface area contributed by atoms with Gasteiger partial charge in [0.15, 0.2) is 0 Å². The van der Waals surface area contributed by atoms with E-state index in [2.05, 4.69) is 0 Å². The normalized spacial score (nSPS) is 13.9. The third-order valence-electron chi connectivity index (χ3n) is 3.46. The van der Waals surface area contributed by atoms with Crippen LogP contribution in [0.15, 0.2) is 54.6 Å². The first-order valence-electron chi connectivity index (χ1n) is 7.02. The van der Waals surface area contributed by atoms with E-state index in [0.717, 1.165) is 22.6 Å². The first-order valence-corrected chi connectivity index (χ1v) is 7.02. The number of carbonyl (C=O) groups is 1. The lowest BCUT2D eigenvalue weighted by Crippen LogP contribution is -2.36. The van der Waals surface area contributed by atoms with Crippen LogP contribution in [-0.4, -0.2) is 19.1 Å². The summed E-state index contributed by atoms with van der Waals surface area (Å²) < 4.78 is 5.60. The van der Waals surface area contributed by atoms with Crippen molar-refractivity contribution in [2.45, 2.75) is 6.92 Å². The molecule has 0 atom stereocenters. The number of rotatable bonds is 2. The monoisotopic (exact) mass is 279 g/mol. The average Bonchev–Trinajstić information content (AvgIpc) is 2.53. The molecular weight excluding hydrogens is 262 g/mol. The standard InChI is InChI=1S/C18H17NO2/c1-14-7-9-17-16(13-14)19(11-12-21-17)18(20)10-8-15-5-3-2-4-6-15/h2-10,13H,11-12H2,1H3/b10-8+. The zero-order valence-corrected chi connectivity index (χ0v) is 12.0. The van der Waals surface area contributed by atoms with E-state index in [1.54, 1.807) is 11.0 Å². The Labute approximate surface area is 124 Å². The van der Waals surface area contributed by atoms with Crippen molar-refractivity contribution >= 4 is 17.7 Å². The Morgan fingerprint density at radius 3 is 2.81 bits per heavy atom.